The highest BCUT2D eigenvalue weighted by atomic mass is 19.1. The van der Waals surface area contributed by atoms with E-state index in [0.717, 1.165) is 25.7 Å². The van der Waals surface area contributed by atoms with Crippen LogP contribution in [0.1, 0.15) is 32.6 Å². The lowest BCUT2D eigenvalue weighted by Crippen LogP contribution is -2.44. The first kappa shape index (κ1) is 9.93. The van der Waals surface area contributed by atoms with Crippen LogP contribution in [0, 0.1) is 0 Å². The van der Waals surface area contributed by atoms with E-state index in [9.17, 15) is 4.39 Å². The van der Waals surface area contributed by atoms with Gasteiger partial charge in [-0.1, -0.05) is 0 Å². The lowest BCUT2D eigenvalue weighted by atomic mass is 9.82. The monoisotopic (exact) mass is 175 g/mol. The maximum absolute atomic E-state index is 11.8. The van der Waals surface area contributed by atoms with Crippen LogP contribution in [0.25, 0.3) is 0 Å². The summed E-state index contributed by atoms with van der Waals surface area (Å²) in [5.41, 5.74) is 0.246. The Morgan fingerprint density at radius 3 is 2.50 bits per heavy atom. The van der Waals surface area contributed by atoms with Crippen molar-refractivity contribution in [1.29, 1.82) is 0 Å². The van der Waals surface area contributed by atoms with Crippen molar-refractivity contribution in [3.63, 3.8) is 0 Å². The van der Waals surface area contributed by atoms with Gasteiger partial charge < -0.3 is 10.1 Å². The second-order valence-electron chi connectivity index (χ2n) is 3.79. The highest BCUT2D eigenvalue weighted by Gasteiger charge is 2.29. The fraction of sp³-hybridized carbons (Fsp3) is 1.00. The van der Waals surface area contributed by atoms with Crippen LogP contribution in [0.2, 0.25) is 0 Å². The number of nitrogens with one attached hydrogen (secondary N) is 1. The molecule has 72 valence electrons. The van der Waals surface area contributed by atoms with E-state index in [-0.39, 0.29) is 11.6 Å². The van der Waals surface area contributed by atoms with Crippen molar-refractivity contribution in [3.8, 4) is 0 Å². The molecule has 0 atom stereocenters. The molecule has 1 rings (SSSR count). The van der Waals surface area contributed by atoms with E-state index < -0.39 is 6.86 Å². The Labute approximate surface area is 73.5 Å². The molecule has 1 fully saturated rings. The molecule has 0 aromatic rings. The number of ether oxygens (including phenoxy) is 1. The van der Waals surface area contributed by atoms with Crippen molar-refractivity contribution in [2.24, 2.45) is 0 Å². The van der Waals surface area contributed by atoms with Crippen LogP contribution < -0.4 is 5.32 Å². The first-order valence-corrected chi connectivity index (χ1v) is 4.57. The molecule has 0 radical (unpaired) electrons. The summed E-state index contributed by atoms with van der Waals surface area (Å²) in [6, 6.07) is 0. The van der Waals surface area contributed by atoms with Crippen LogP contribution in [-0.2, 0) is 4.74 Å². The zero-order valence-corrected chi connectivity index (χ0v) is 7.90. The quantitative estimate of drug-likeness (QED) is 0.706. The third kappa shape index (κ3) is 2.42. The average Bonchev–Trinajstić information content (AvgIpc) is 2.10. The molecule has 1 saturated carbocycles. The number of hydrogen-bond acceptors (Lipinski definition) is 2. The highest BCUT2D eigenvalue weighted by Crippen LogP contribution is 2.29. The van der Waals surface area contributed by atoms with Gasteiger partial charge in [-0.3, -0.25) is 0 Å². The average molecular weight is 175 g/mol. The summed E-state index contributed by atoms with van der Waals surface area (Å²) < 4.78 is 16.7. The van der Waals surface area contributed by atoms with Crippen molar-refractivity contribution in [3.05, 3.63) is 0 Å². The minimum atomic E-state index is -0.638. The molecule has 1 aliphatic rings. The summed E-state index contributed by atoms with van der Waals surface area (Å²) in [4.78, 5) is 0. The Hall–Kier alpha value is -0.150. The van der Waals surface area contributed by atoms with Crippen molar-refractivity contribution >= 4 is 0 Å². The second-order valence-corrected chi connectivity index (χ2v) is 3.79. The molecule has 0 bridgehead atoms. The molecule has 1 aliphatic carbocycles. The van der Waals surface area contributed by atoms with Crippen molar-refractivity contribution < 1.29 is 9.13 Å². The molecule has 0 unspecified atom stereocenters. The summed E-state index contributed by atoms with van der Waals surface area (Å²) in [7, 11) is 1.98. The summed E-state index contributed by atoms with van der Waals surface area (Å²) >= 11 is 0. The van der Waals surface area contributed by atoms with Crippen LogP contribution in [-0.4, -0.2) is 25.6 Å². The van der Waals surface area contributed by atoms with E-state index in [1.54, 1.807) is 0 Å². The molecule has 1 N–H and O–H groups in total. The van der Waals surface area contributed by atoms with E-state index in [1.807, 2.05) is 7.05 Å². The van der Waals surface area contributed by atoms with E-state index >= 15 is 0 Å². The lowest BCUT2D eigenvalue weighted by Gasteiger charge is -2.36. The molecule has 3 heteroatoms. The molecule has 0 amide bonds. The van der Waals surface area contributed by atoms with Gasteiger partial charge in [-0.05, 0) is 39.7 Å². The maximum atomic E-state index is 11.8. The van der Waals surface area contributed by atoms with Crippen molar-refractivity contribution in [1.82, 2.24) is 5.32 Å². The van der Waals surface area contributed by atoms with Gasteiger partial charge in [0.2, 0.25) is 0 Å². The molecule has 0 saturated heterocycles. The Bertz CT molecular complexity index is 132. The fourth-order valence-electron chi connectivity index (χ4n) is 1.73. The predicted molar refractivity (Wildman–Crippen MR) is 46.8 cm³/mol. The highest BCUT2D eigenvalue weighted by molar-refractivity contribution is 4.87. The minimum Gasteiger partial charge on any atom is -0.347 e. The number of halogens is 1. The third-order valence-electron chi connectivity index (χ3n) is 2.94. The zero-order valence-electron chi connectivity index (χ0n) is 7.90. The normalized spacial score (nSPS) is 36.8. The molecule has 0 aliphatic heterocycles. The summed E-state index contributed by atoms with van der Waals surface area (Å²) in [5.74, 6) is 0. The van der Waals surface area contributed by atoms with Crippen LogP contribution in [0.4, 0.5) is 4.39 Å². The first-order chi connectivity index (χ1) is 5.70. The van der Waals surface area contributed by atoms with Gasteiger partial charge in [0.15, 0.2) is 6.86 Å². The molecule has 12 heavy (non-hydrogen) atoms. The van der Waals surface area contributed by atoms with E-state index in [4.69, 9.17) is 4.74 Å². The largest absolute Gasteiger partial charge is 0.347 e. The van der Waals surface area contributed by atoms with Crippen molar-refractivity contribution in [2.45, 2.75) is 44.2 Å². The lowest BCUT2D eigenvalue weighted by molar-refractivity contribution is -0.0326. The first-order valence-electron chi connectivity index (χ1n) is 4.57. The second kappa shape index (κ2) is 4.19. The van der Waals surface area contributed by atoms with Gasteiger partial charge in [0.25, 0.3) is 0 Å². The molecule has 0 heterocycles. The van der Waals surface area contributed by atoms with Gasteiger partial charge >= 0.3 is 0 Å². The van der Waals surface area contributed by atoms with E-state index in [1.165, 1.54) is 0 Å². The number of rotatable bonds is 3. The van der Waals surface area contributed by atoms with Crippen LogP contribution >= 0.6 is 0 Å². The molecular weight excluding hydrogens is 157 g/mol. The Kier molecular flexibility index (Phi) is 3.47. The van der Waals surface area contributed by atoms with Gasteiger partial charge in [0.05, 0.1) is 6.10 Å². The van der Waals surface area contributed by atoms with Gasteiger partial charge in [-0.2, -0.15) is 0 Å². The van der Waals surface area contributed by atoms with E-state index in [2.05, 4.69) is 12.2 Å². The van der Waals surface area contributed by atoms with Crippen LogP contribution in [0.5, 0.6) is 0 Å². The summed E-state index contributed by atoms with van der Waals surface area (Å²) in [6.45, 7) is 1.57. The van der Waals surface area contributed by atoms with Crippen LogP contribution in [0.3, 0.4) is 0 Å². The van der Waals surface area contributed by atoms with Gasteiger partial charge in [0.1, 0.15) is 0 Å². The Morgan fingerprint density at radius 2 is 2.08 bits per heavy atom. The number of hydrogen-bond donors (Lipinski definition) is 1. The molecule has 0 aromatic carbocycles. The van der Waals surface area contributed by atoms with E-state index in [0.29, 0.717) is 0 Å². The standard InChI is InChI=1S/C9H18FNO/c1-9(11-2)5-3-8(4-6-9)12-7-10/h8,11H,3-7H2,1-2H3/t8-,9+. The molecule has 0 aromatic heterocycles. The minimum absolute atomic E-state index is 0.149. The Morgan fingerprint density at radius 1 is 1.50 bits per heavy atom. The van der Waals surface area contributed by atoms with Gasteiger partial charge in [0, 0.05) is 5.54 Å². The number of alkyl halides is 1. The predicted octanol–water partition coefficient (Wildman–Crippen LogP) is 1.85. The molecule has 2 nitrogen and oxygen atoms in total. The third-order valence-corrected chi connectivity index (χ3v) is 2.94. The maximum Gasteiger partial charge on any atom is 0.188 e. The fourth-order valence-corrected chi connectivity index (χ4v) is 1.73. The van der Waals surface area contributed by atoms with Crippen molar-refractivity contribution in [2.75, 3.05) is 13.9 Å². The molecule has 0 spiro atoms. The van der Waals surface area contributed by atoms with Gasteiger partial charge in [-0.25, -0.2) is 4.39 Å². The van der Waals surface area contributed by atoms with Crippen LogP contribution in [0.15, 0.2) is 0 Å². The Balaban J connectivity index is 2.29. The SMILES string of the molecule is CN[C@]1(C)CC[C@H](OCF)CC1. The smallest absolute Gasteiger partial charge is 0.188 e. The summed E-state index contributed by atoms with van der Waals surface area (Å²) in [5, 5.41) is 3.29. The van der Waals surface area contributed by atoms with Gasteiger partial charge in [-0.15, -0.1) is 0 Å². The summed E-state index contributed by atoms with van der Waals surface area (Å²) in [6.07, 6.45) is 4.25. The zero-order chi connectivity index (χ0) is 9.03. The topological polar surface area (TPSA) is 21.3 Å². The molecular formula is C9H18FNO.